The highest BCUT2D eigenvalue weighted by Crippen LogP contribution is 2.19. The standard InChI is InChI=1S/C17H18N2O5/c1-3-8-18-16(22)11(2)24-15(21)10-19-14(20)9-12-6-4-5-7-13(12)17(19)23/h3-7,11H,1,8-10H2,2H3,(H,18,22)/t11-/m1/s1. The Kier molecular flexibility index (Phi) is 5.47. The Morgan fingerprint density at radius 3 is 2.79 bits per heavy atom. The maximum Gasteiger partial charge on any atom is 0.326 e. The summed E-state index contributed by atoms with van der Waals surface area (Å²) in [6.45, 7) is 4.60. The second-order valence-corrected chi connectivity index (χ2v) is 5.28. The van der Waals surface area contributed by atoms with E-state index in [1.165, 1.54) is 13.0 Å². The molecule has 0 spiro atoms. The van der Waals surface area contributed by atoms with Crippen LogP contribution in [0, 0.1) is 0 Å². The largest absolute Gasteiger partial charge is 0.451 e. The van der Waals surface area contributed by atoms with Crippen LogP contribution in [0.15, 0.2) is 36.9 Å². The normalized spacial score (nSPS) is 14.6. The molecule has 1 heterocycles. The molecular formula is C17H18N2O5. The predicted octanol–water partition coefficient (Wildman–Crippen LogP) is 0.445. The van der Waals surface area contributed by atoms with Gasteiger partial charge in [0.1, 0.15) is 6.54 Å². The smallest absolute Gasteiger partial charge is 0.326 e. The zero-order valence-corrected chi connectivity index (χ0v) is 13.3. The molecule has 7 heteroatoms. The Morgan fingerprint density at radius 1 is 1.38 bits per heavy atom. The van der Waals surface area contributed by atoms with E-state index >= 15 is 0 Å². The molecule has 0 aliphatic carbocycles. The average molecular weight is 330 g/mol. The first-order valence-electron chi connectivity index (χ1n) is 7.44. The van der Waals surface area contributed by atoms with Crippen LogP contribution in [0.4, 0.5) is 0 Å². The fourth-order valence-corrected chi connectivity index (χ4v) is 2.29. The number of amides is 3. The number of rotatable bonds is 6. The highest BCUT2D eigenvalue weighted by Gasteiger charge is 2.33. The maximum absolute atomic E-state index is 12.3. The first-order chi connectivity index (χ1) is 11.4. The Morgan fingerprint density at radius 2 is 2.08 bits per heavy atom. The lowest BCUT2D eigenvalue weighted by molar-refractivity contribution is -0.156. The Bertz CT molecular complexity index is 698. The number of esters is 1. The molecule has 1 aromatic carbocycles. The third kappa shape index (κ3) is 3.87. The highest BCUT2D eigenvalue weighted by molar-refractivity contribution is 6.11. The average Bonchev–Trinajstić information content (AvgIpc) is 2.56. The zero-order chi connectivity index (χ0) is 17.7. The fraction of sp³-hybridized carbons (Fsp3) is 0.294. The monoisotopic (exact) mass is 330 g/mol. The number of nitrogens with zero attached hydrogens (tertiary/aromatic N) is 1. The molecule has 0 radical (unpaired) electrons. The predicted molar refractivity (Wildman–Crippen MR) is 85.0 cm³/mol. The van der Waals surface area contributed by atoms with Crippen LogP contribution in [0.25, 0.3) is 0 Å². The van der Waals surface area contributed by atoms with Crippen molar-refractivity contribution in [1.82, 2.24) is 10.2 Å². The minimum atomic E-state index is -1.03. The van der Waals surface area contributed by atoms with Gasteiger partial charge in [0.05, 0.1) is 6.42 Å². The summed E-state index contributed by atoms with van der Waals surface area (Å²) in [5, 5.41) is 2.49. The first kappa shape index (κ1) is 17.4. The third-order valence-electron chi connectivity index (χ3n) is 3.52. The van der Waals surface area contributed by atoms with Crippen molar-refractivity contribution in [2.24, 2.45) is 0 Å². The minimum Gasteiger partial charge on any atom is -0.451 e. The lowest BCUT2D eigenvalue weighted by Crippen LogP contribution is -2.46. The summed E-state index contributed by atoms with van der Waals surface area (Å²) in [4.78, 5) is 48.8. The van der Waals surface area contributed by atoms with Crippen molar-refractivity contribution in [2.75, 3.05) is 13.1 Å². The van der Waals surface area contributed by atoms with Crippen LogP contribution in [0.2, 0.25) is 0 Å². The van der Waals surface area contributed by atoms with E-state index in [0.29, 0.717) is 11.1 Å². The summed E-state index contributed by atoms with van der Waals surface area (Å²) >= 11 is 0. The molecule has 0 saturated heterocycles. The van der Waals surface area contributed by atoms with E-state index < -0.39 is 36.3 Å². The second kappa shape index (κ2) is 7.54. The van der Waals surface area contributed by atoms with Crippen molar-refractivity contribution in [2.45, 2.75) is 19.4 Å². The zero-order valence-electron chi connectivity index (χ0n) is 13.3. The van der Waals surface area contributed by atoms with E-state index in [0.717, 1.165) is 4.90 Å². The summed E-state index contributed by atoms with van der Waals surface area (Å²) in [7, 11) is 0. The van der Waals surface area contributed by atoms with Crippen LogP contribution in [0.3, 0.4) is 0 Å². The molecule has 24 heavy (non-hydrogen) atoms. The van der Waals surface area contributed by atoms with E-state index in [4.69, 9.17) is 4.74 Å². The van der Waals surface area contributed by atoms with Crippen molar-refractivity contribution in [1.29, 1.82) is 0 Å². The van der Waals surface area contributed by atoms with Gasteiger partial charge in [-0.05, 0) is 18.6 Å². The second-order valence-electron chi connectivity index (χ2n) is 5.28. The van der Waals surface area contributed by atoms with Crippen LogP contribution >= 0.6 is 0 Å². The van der Waals surface area contributed by atoms with Gasteiger partial charge in [0.25, 0.3) is 11.8 Å². The van der Waals surface area contributed by atoms with Crippen molar-refractivity contribution in [3.05, 3.63) is 48.0 Å². The SMILES string of the molecule is C=CCNC(=O)[C@@H](C)OC(=O)CN1C(=O)Cc2ccccc2C1=O. The molecule has 1 aliphatic rings. The van der Waals surface area contributed by atoms with Gasteiger partial charge in [-0.1, -0.05) is 24.3 Å². The van der Waals surface area contributed by atoms with E-state index in [1.807, 2.05) is 0 Å². The summed E-state index contributed by atoms with van der Waals surface area (Å²) in [5.74, 6) is -2.32. The molecule has 0 aromatic heterocycles. The van der Waals surface area contributed by atoms with Crippen LogP contribution in [0.5, 0.6) is 0 Å². The van der Waals surface area contributed by atoms with Gasteiger partial charge in [0, 0.05) is 12.1 Å². The summed E-state index contributed by atoms with van der Waals surface area (Å²) in [6, 6.07) is 6.74. The van der Waals surface area contributed by atoms with Gasteiger partial charge >= 0.3 is 5.97 Å². The number of carbonyl (C=O) groups is 4. The van der Waals surface area contributed by atoms with Gasteiger partial charge in [-0.2, -0.15) is 0 Å². The molecule has 1 N–H and O–H groups in total. The van der Waals surface area contributed by atoms with Crippen molar-refractivity contribution in [3.8, 4) is 0 Å². The summed E-state index contributed by atoms with van der Waals surface area (Å²) in [6.07, 6.45) is 0.513. The van der Waals surface area contributed by atoms with Crippen LogP contribution in [0.1, 0.15) is 22.8 Å². The van der Waals surface area contributed by atoms with E-state index in [9.17, 15) is 19.2 Å². The summed E-state index contributed by atoms with van der Waals surface area (Å²) < 4.78 is 4.97. The number of benzene rings is 1. The van der Waals surface area contributed by atoms with Gasteiger partial charge < -0.3 is 10.1 Å². The molecule has 7 nitrogen and oxygen atoms in total. The van der Waals surface area contributed by atoms with Gasteiger partial charge in [0.15, 0.2) is 6.10 Å². The molecular weight excluding hydrogens is 312 g/mol. The Balaban J connectivity index is 1.99. The molecule has 1 aromatic rings. The quantitative estimate of drug-likeness (QED) is 0.464. The molecule has 126 valence electrons. The number of hydrogen-bond donors (Lipinski definition) is 1. The van der Waals surface area contributed by atoms with Crippen LogP contribution in [-0.4, -0.2) is 47.8 Å². The molecule has 1 aliphatic heterocycles. The van der Waals surface area contributed by atoms with E-state index in [-0.39, 0.29) is 13.0 Å². The maximum atomic E-state index is 12.3. The number of ether oxygens (including phenoxy) is 1. The number of hydrogen-bond acceptors (Lipinski definition) is 5. The van der Waals surface area contributed by atoms with E-state index in [1.54, 1.807) is 24.3 Å². The molecule has 0 unspecified atom stereocenters. The number of nitrogens with one attached hydrogen (secondary N) is 1. The van der Waals surface area contributed by atoms with Gasteiger partial charge in [-0.25, -0.2) is 0 Å². The number of carbonyl (C=O) groups excluding carboxylic acids is 4. The first-order valence-corrected chi connectivity index (χ1v) is 7.44. The van der Waals surface area contributed by atoms with Gasteiger partial charge in [-0.3, -0.25) is 24.1 Å². The fourth-order valence-electron chi connectivity index (χ4n) is 2.29. The molecule has 3 amide bonds. The molecule has 1 atom stereocenters. The van der Waals surface area contributed by atoms with Crippen LogP contribution < -0.4 is 5.32 Å². The van der Waals surface area contributed by atoms with Crippen LogP contribution in [-0.2, 0) is 25.5 Å². The number of fused-ring (bicyclic) bond motifs is 1. The Hall–Kier alpha value is -2.96. The van der Waals surface area contributed by atoms with E-state index in [2.05, 4.69) is 11.9 Å². The topological polar surface area (TPSA) is 92.8 Å². The van der Waals surface area contributed by atoms with Crippen molar-refractivity contribution in [3.63, 3.8) is 0 Å². The number of imide groups is 1. The van der Waals surface area contributed by atoms with Crippen molar-refractivity contribution >= 4 is 23.7 Å². The molecule has 0 bridgehead atoms. The molecule has 0 saturated carbocycles. The Labute approximate surface area is 139 Å². The van der Waals surface area contributed by atoms with Crippen molar-refractivity contribution < 1.29 is 23.9 Å². The summed E-state index contributed by atoms with van der Waals surface area (Å²) in [5.41, 5.74) is 1.02. The van der Waals surface area contributed by atoms with Gasteiger partial charge in [-0.15, -0.1) is 6.58 Å². The third-order valence-corrected chi connectivity index (χ3v) is 3.52. The molecule has 0 fully saturated rings. The lowest BCUT2D eigenvalue weighted by atomic mass is 9.98. The molecule has 2 rings (SSSR count). The highest BCUT2D eigenvalue weighted by atomic mass is 16.5. The van der Waals surface area contributed by atoms with Gasteiger partial charge in [0.2, 0.25) is 5.91 Å². The minimum absolute atomic E-state index is 0.0462. The lowest BCUT2D eigenvalue weighted by Gasteiger charge is -2.26.